The lowest BCUT2D eigenvalue weighted by molar-refractivity contribution is 0.128. The summed E-state index contributed by atoms with van der Waals surface area (Å²) in [6.07, 6.45) is 5.66. The zero-order chi connectivity index (χ0) is 7.14. The topological polar surface area (TPSA) is 20.2 Å². The number of aliphatic hydroxyl groups is 1. The van der Waals surface area contributed by atoms with E-state index in [4.69, 9.17) is 0 Å². The summed E-state index contributed by atoms with van der Waals surface area (Å²) in [5, 5.41) is 9.48. The number of hydrogen-bond acceptors (Lipinski definition) is 1. The Morgan fingerprint density at radius 3 is 3.00 bits per heavy atom. The number of fused-ring (bicyclic) bond motifs is 1. The zero-order valence-corrected chi connectivity index (χ0v) is 6.38. The lowest BCUT2D eigenvalue weighted by Gasteiger charge is -2.13. The average molecular weight is 138 g/mol. The van der Waals surface area contributed by atoms with Crippen molar-refractivity contribution < 1.29 is 5.11 Å². The molecule has 0 spiro atoms. The Morgan fingerprint density at radius 2 is 2.30 bits per heavy atom. The van der Waals surface area contributed by atoms with Crippen LogP contribution in [-0.4, -0.2) is 11.2 Å². The first-order chi connectivity index (χ1) is 4.79. The fourth-order valence-electron chi connectivity index (χ4n) is 2.41. The molecule has 1 heteroatoms. The van der Waals surface area contributed by atoms with Crippen LogP contribution in [0.5, 0.6) is 0 Å². The molecule has 1 fully saturated rings. The summed E-state index contributed by atoms with van der Waals surface area (Å²) in [6, 6.07) is 0. The minimum atomic E-state index is -0.00120. The Kier molecular flexibility index (Phi) is 1.34. The van der Waals surface area contributed by atoms with E-state index in [1.165, 1.54) is 12.0 Å². The van der Waals surface area contributed by atoms with Crippen LogP contribution in [0.3, 0.4) is 0 Å². The van der Waals surface area contributed by atoms with E-state index in [0.29, 0.717) is 5.92 Å². The van der Waals surface area contributed by atoms with Crippen molar-refractivity contribution in [3.05, 3.63) is 11.6 Å². The third-order valence-electron chi connectivity index (χ3n) is 3.08. The van der Waals surface area contributed by atoms with Crippen molar-refractivity contribution in [1.82, 2.24) is 0 Å². The van der Waals surface area contributed by atoms with Crippen LogP contribution in [-0.2, 0) is 0 Å². The Morgan fingerprint density at radius 1 is 1.50 bits per heavy atom. The van der Waals surface area contributed by atoms with Crippen LogP contribution in [0.2, 0.25) is 0 Å². The van der Waals surface area contributed by atoms with E-state index in [-0.39, 0.29) is 6.10 Å². The molecule has 0 saturated heterocycles. The minimum Gasteiger partial charge on any atom is -0.393 e. The first-order valence-electron chi connectivity index (χ1n) is 4.14. The van der Waals surface area contributed by atoms with Crippen LogP contribution >= 0.6 is 0 Å². The van der Waals surface area contributed by atoms with Gasteiger partial charge in [-0.15, -0.1) is 0 Å². The first-order valence-corrected chi connectivity index (χ1v) is 4.14. The highest BCUT2D eigenvalue weighted by molar-refractivity contribution is 5.16. The van der Waals surface area contributed by atoms with Crippen LogP contribution in [0, 0.1) is 11.8 Å². The van der Waals surface area contributed by atoms with Gasteiger partial charge in [0.05, 0.1) is 6.10 Å². The van der Waals surface area contributed by atoms with Gasteiger partial charge in [-0.1, -0.05) is 11.6 Å². The van der Waals surface area contributed by atoms with Crippen molar-refractivity contribution in [3.63, 3.8) is 0 Å². The second-order valence-corrected chi connectivity index (χ2v) is 3.60. The van der Waals surface area contributed by atoms with Crippen molar-refractivity contribution >= 4 is 0 Å². The normalized spacial score (nSPS) is 45.4. The van der Waals surface area contributed by atoms with Gasteiger partial charge in [0.15, 0.2) is 0 Å². The molecule has 0 radical (unpaired) electrons. The van der Waals surface area contributed by atoms with Crippen LogP contribution in [0.25, 0.3) is 0 Å². The molecule has 3 atom stereocenters. The van der Waals surface area contributed by atoms with Crippen molar-refractivity contribution in [3.8, 4) is 0 Å². The summed E-state index contributed by atoms with van der Waals surface area (Å²) in [5.74, 6) is 1.31. The van der Waals surface area contributed by atoms with Gasteiger partial charge in [0, 0.05) is 0 Å². The molecule has 2 aliphatic carbocycles. The standard InChI is InChI=1S/C9H14O/c1-6-2-3-8-7(6)4-5-9(8)10/h2,7-10H,3-5H2,1H3/t7-,8+,9+/m1/s1. The van der Waals surface area contributed by atoms with Gasteiger partial charge in [0.25, 0.3) is 0 Å². The molecule has 0 aromatic carbocycles. The molecule has 0 unspecified atom stereocenters. The second kappa shape index (κ2) is 2.09. The molecule has 0 bridgehead atoms. The number of allylic oxidation sites excluding steroid dienone is 2. The third-order valence-corrected chi connectivity index (χ3v) is 3.08. The van der Waals surface area contributed by atoms with E-state index in [0.717, 1.165) is 18.8 Å². The Hall–Kier alpha value is -0.300. The minimum absolute atomic E-state index is 0.00120. The van der Waals surface area contributed by atoms with E-state index in [1.54, 1.807) is 0 Å². The quantitative estimate of drug-likeness (QED) is 0.505. The van der Waals surface area contributed by atoms with Gasteiger partial charge < -0.3 is 5.11 Å². The highest BCUT2D eigenvalue weighted by atomic mass is 16.3. The molecule has 0 aromatic rings. The van der Waals surface area contributed by atoms with E-state index in [9.17, 15) is 5.11 Å². The molecule has 2 rings (SSSR count). The molecule has 56 valence electrons. The highest BCUT2D eigenvalue weighted by Gasteiger charge is 2.37. The molecular formula is C9H14O. The predicted octanol–water partition coefficient (Wildman–Crippen LogP) is 1.72. The van der Waals surface area contributed by atoms with Crippen LogP contribution in [0.15, 0.2) is 11.6 Å². The summed E-state index contributed by atoms with van der Waals surface area (Å²) in [4.78, 5) is 0. The molecule has 10 heavy (non-hydrogen) atoms. The number of hydrogen-bond donors (Lipinski definition) is 1. The highest BCUT2D eigenvalue weighted by Crippen LogP contribution is 2.43. The van der Waals surface area contributed by atoms with Gasteiger partial charge in [0.2, 0.25) is 0 Å². The fourth-order valence-corrected chi connectivity index (χ4v) is 2.41. The molecule has 1 nitrogen and oxygen atoms in total. The smallest absolute Gasteiger partial charge is 0.0577 e. The molecule has 0 amide bonds. The summed E-state index contributed by atoms with van der Waals surface area (Å²) in [6.45, 7) is 2.20. The third kappa shape index (κ3) is 0.734. The first kappa shape index (κ1) is 6.41. The van der Waals surface area contributed by atoms with Crippen molar-refractivity contribution in [2.45, 2.75) is 32.3 Å². The van der Waals surface area contributed by atoms with Crippen molar-refractivity contribution in [2.24, 2.45) is 11.8 Å². The molecule has 1 N–H and O–H groups in total. The molecule has 1 saturated carbocycles. The van der Waals surface area contributed by atoms with Gasteiger partial charge in [-0.3, -0.25) is 0 Å². The largest absolute Gasteiger partial charge is 0.393 e. The second-order valence-electron chi connectivity index (χ2n) is 3.60. The van der Waals surface area contributed by atoms with E-state index < -0.39 is 0 Å². The molecule has 0 aromatic heterocycles. The van der Waals surface area contributed by atoms with Crippen LogP contribution in [0.1, 0.15) is 26.2 Å². The summed E-state index contributed by atoms with van der Waals surface area (Å²) >= 11 is 0. The monoisotopic (exact) mass is 138 g/mol. The molecular weight excluding hydrogens is 124 g/mol. The Balaban J connectivity index is 2.16. The van der Waals surface area contributed by atoms with Crippen LogP contribution < -0.4 is 0 Å². The van der Waals surface area contributed by atoms with E-state index in [2.05, 4.69) is 13.0 Å². The van der Waals surface area contributed by atoms with E-state index >= 15 is 0 Å². The number of aliphatic hydroxyl groups excluding tert-OH is 1. The average Bonchev–Trinajstić information content (AvgIpc) is 2.41. The van der Waals surface area contributed by atoms with Gasteiger partial charge in [0.1, 0.15) is 0 Å². The lowest BCUT2D eigenvalue weighted by atomic mass is 9.95. The van der Waals surface area contributed by atoms with Gasteiger partial charge in [-0.25, -0.2) is 0 Å². The van der Waals surface area contributed by atoms with Crippen LogP contribution in [0.4, 0.5) is 0 Å². The molecule has 0 aliphatic heterocycles. The van der Waals surface area contributed by atoms with Crippen molar-refractivity contribution in [2.75, 3.05) is 0 Å². The Bertz CT molecular complexity index is 172. The fraction of sp³-hybridized carbons (Fsp3) is 0.778. The molecule has 0 heterocycles. The van der Waals surface area contributed by atoms with Gasteiger partial charge in [-0.2, -0.15) is 0 Å². The maximum absolute atomic E-state index is 9.48. The van der Waals surface area contributed by atoms with E-state index in [1.807, 2.05) is 0 Å². The SMILES string of the molecule is CC1=CC[C@H]2[C@@H]1CC[C@@H]2O. The number of rotatable bonds is 0. The summed E-state index contributed by atoms with van der Waals surface area (Å²) in [7, 11) is 0. The maximum atomic E-state index is 9.48. The van der Waals surface area contributed by atoms with Gasteiger partial charge in [-0.05, 0) is 38.0 Å². The van der Waals surface area contributed by atoms with Crippen molar-refractivity contribution in [1.29, 1.82) is 0 Å². The lowest BCUT2D eigenvalue weighted by Crippen LogP contribution is -2.14. The maximum Gasteiger partial charge on any atom is 0.0577 e. The Labute approximate surface area is 61.8 Å². The zero-order valence-electron chi connectivity index (χ0n) is 6.38. The van der Waals surface area contributed by atoms with Gasteiger partial charge >= 0.3 is 0 Å². The predicted molar refractivity (Wildman–Crippen MR) is 40.6 cm³/mol. The summed E-state index contributed by atoms with van der Waals surface area (Å²) in [5.41, 5.74) is 1.52. The summed E-state index contributed by atoms with van der Waals surface area (Å²) < 4.78 is 0. The molecule has 2 aliphatic rings.